The van der Waals surface area contributed by atoms with Gasteiger partial charge >= 0.3 is 0 Å². The van der Waals surface area contributed by atoms with Crippen LogP contribution in [0, 0.1) is 0 Å². The third kappa shape index (κ3) is 6.07. The number of thiocarbonyl (C=S) groups is 1. The van der Waals surface area contributed by atoms with Crippen LogP contribution in [0.2, 0.25) is 5.02 Å². The Labute approximate surface area is 195 Å². The van der Waals surface area contributed by atoms with Gasteiger partial charge < -0.3 is 15.2 Å². The van der Waals surface area contributed by atoms with Crippen LogP contribution >= 0.6 is 35.6 Å². The highest BCUT2D eigenvalue weighted by Gasteiger charge is 2.11. The van der Waals surface area contributed by atoms with Crippen molar-refractivity contribution in [2.75, 3.05) is 5.32 Å². The van der Waals surface area contributed by atoms with Crippen molar-refractivity contribution in [3.63, 3.8) is 0 Å². The van der Waals surface area contributed by atoms with E-state index in [0.29, 0.717) is 28.4 Å². The minimum Gasteiger partial charge on any atom is -0.353 e. The molecule has 0 amide bonds. The summed E-state index contributed by atoms with van der Waals surface area (Å²) in [6.07, 6.45) is 0. The Bertz CT molecular complexity index is 1150. The van der Waals surface area contributed by atoms with Gasteiger partial charge in [0, 0.05) is 21.9 Å². The summed E-state index contributed by atoms with van der Waals surface area (Å²) in [6, 6.07) is 25.9. The highest BCUT2D eigenvalue weighted by Crippen LogP contribution is 2.25. The maximum absolute atomic E-state index is 6.18. The normalized spacial score (nSPS) is 10.6. The molecule has 8 heteroatoms. The fourth-order valence-electron chi connectivity index (χ4n) is 2.78. The van der Waals surface area contributed by atoms with Crippen molar-refractivity contribution in [2.24, 2.45) is 0 Å². The number of rotatable bonds is 7. The molecule has 4 aromatic rings. The van der Waals surface area contributed by atoms with E-state index in [-0.39, 0.29) is 0 Å². The summed E-state index contributed by atoms with van der Waals surface area (Å²) < 4.78 is 5.28. The van der Waals surface area contributed by atoms with Crippen LogP contribution in [-0.2, 0) is 12.3 Å². The van der Waals surface area contributed by atoms with Gasteiger partial charge in [-0.3, -0.25) is 0 Å². The number of hydrogen-bond acceptors (Lipinski definition) is 5. The molecular weight excluding hydrogens is 448 g/mol. The largest absolute Gasteiger partial charge is 0.353 e. The lowest BCUT2D eigenvalue weighted by molar-refractivity contribution is 0.376. The summed E-state index contributed by atoms with van der Waals surface area (Å²) in [5, 5.41) is 11.3. The van der Waals surface area contributed by atoms with Crippen LogP contribution in [0.1, 0.15) is 11.5 Å². The van der Waals surface area contributed by atoms with Gasteiger partial charge in [-0.25, -0.2) is 0 Å². The lowest BCUT2D eigenvalue weighted by Gasteiger charge is -2.09. The number of thioether (sulfide) groups is 1. The molecule has 0 spiro atoms. The summed E-state index contributed by atoms with van der Waals surface area (Å²) in [6.45, 7) is 0.315. The molecule has 0 bridgehead atoms. The second-order valence-corrected chi connectivity index (χ2v) is 8.46. The molecular formula is C23H19ClN4OS2. The number of benzene rings is 3. The Morgan fingerprint density at radius 3 is 2.48 bits per heavy atom. The predicted octanol–water partition coefficient (Wildman–Crippen LogP) is 6.17. The van der Waals surface area contributed by atoms with Gasteiger partial charge in [0.15, 0.2) is 5.11 Å². The van der Waals surface area contributed by atoms with Crippen molar-refractivity contribution in [1.82, 2.24) is 15.5 Å². The molecule has 0 fully saturated rings. The van der Waals surface area contributed by atoms with Crippen LogP contribution in [-0.4, -0.2) is 15.3 Å². The zero-order valence-electron chi connectivity index (χ0n) is 16.4. The minimum atomic E-state index is 0.315. The van der Waals surface area contributed by atoms with E-state index in [1.807, 2.05) is 48.2 Å². The lowest BCUT2D eigenvalue weighted by Crippen LogP contribution is -2.28. The van der Waals surface area contributed by atoms with Gasteiger partial charge in [0.25, 0.3) is 0 Å². The fraction of sp³-hybridized carbons (Fsp3) is 0.0870. The van der Waals surface area contributed by atoms with Crippen molar-refractivity contribution in [3.05, 3.63) is 95.3 Å². The fourth-order valence-corrected chi connectivity index (χ4v) is 4.06. The highest BCUT2D eigenvalue weighted by molar-refractivity contribution is 7.98. The number of hydrogen-bond donors (Lipinski definition) is 2. The average Bonchev–Trinajstić information content (AvgIpc) is 3.27. The van der Waals surface area contributed by atoms with Crippen molar-refractivity contribution in [2.45, 2.75) is 17.2 Å². The topological polar surface area (TPSA) is 63.0 Å². The molecule has 156 valence electrons. The molecule has 0 radical (unpaired) electrons. The third-order valence-corrected chi connectivity index (χ3v) is 6.00. The van der Waals surface area contributed by atoms with Gasteiger partial charge in [-0.2, -0.15) is 4.98 Å². The zero-order valence-corrected chi connectivity index (χ0v) is 18.8. The maximum atomic E-state index is 6.18. The first-order valence-corrected chi connectivity index (χ1v) is 11.3. The summed E-state index contributed by atoms with van der Waals surface area (Å²) in [7, 11) is 0. The molecule has 0 aliphatic heterocycles. The number of anilines is 1. The molecule has 1 heterocycles. The monoisotopic (exact) mass is 466 g/mol. The van der Waals surface area contributed by atoms with Gasteiger partial charge in [0.2, 0.25) is 11.7 Å². The lowest BCUT2D eigenvalue weighted by atomic mass is 10.2. The number of nitrogens with one attached hydrogen (secondary N) is 2. The number of aromatic nitrogens is 2. The summed E-state index contributed by atoms with van der Waals surface area (Å²) in [4.78, 5) is 5.62. The van der Waals surface area contributed by atoms with Crippen molar-refractivity contribution in [1.29, 1.82) is 0 Å². The molecule has 0 unspecified atom stereocenters. The average molecular weight is 467 g/mol. The van der Waals surface area contributed by atoms with E-state index in [1.54, 1.807) is 6.07 Å². The van der Waals surface area contributed by atoms with E-state index in [0.717, 1.165) is 17.0 Å². The van der Waals surface area contributed by atoms with Crippen LogP contribution in [0.3, 0.4) is 0 Å². The molecule has 0 aliphatic carbocycles. The van der Waals surface area contributed by atoms with Crippen LogP contribution in [0.4, 0.5) is 5.69 Å². The van der Waals surface area contributed by atoms with E-state index >= 15 is 0 Å². The first-order chi connectivity index (χ1) is 15.2. The smallest absolute Gasteiger partial charge is 0.246 e. The van der Waals surface area contributed by atoms with Crippen LogP contribution in [0.15, 0.2) is 88.3 Å². The van der Waals surface area contributed by atoms with Gasteiger partial charge in [-0.1, -0.05) is 59.2 Å². The number of halogens is 1. The van der Waals surface area contributed by atoms with E-state index in [4.69, 9.17) is 28.3 Å². The SMILES string of the molecule is S=C(NCc1nc(-c2ccccc2Cl)no1)Nc1ccc(CSc2ccccc2)cc1. The van der Waals surface area contributed by atoms with Crippen LogP contribution < -0.4 is 10.6 Å². The summed E-state index contributed by atoms with van der Waals surface area (Å²) in [5.74, 6) is 1.79. The van der Waals surface area contributed by atoms with Gasteiger partial charge in [0.1, 0.15) is 0 Å². The number of nitrogens with zero attached hydrogens (tertiary/aromatic N) is 2. The Balaban J connectivity index is 1.26. The van der Waals surface area contributed by atoms with E-state index < -0.39 is 0 Å². The predicted molar refractivity (Wildman–Crippen MR) is 130 cm³/mol. The molecule has 2 N–H and O–H groups in total. The van der Waals surface area contributed by atoms with Crippen molar-refractivity contribution in [3.8, 4) is 11.4 Å². The Morgan fingerprint density at radius 1 is 0.968 bits per heavy atom. The van der Waals surface area contributed by atoms with Crippen LogP contribution in [0.25, 0.3) is 11.4 Å². The minimum absolute atomic E-state index is 0.315. The molecule has 5 nitrogen and oxygen atoms in total. The van der Waals surface area contributed by atoms with E-state index in [9.17, 15) is 0 Å². The van der Waals surface area contributed by atoms with Crippen LogP contribution in [0.5, 0.6) is 0 Å². The first-order valence-electron chi connectivity index (χ1n) is 9.56. The van der Waals surface area contributed by atoms with Gasteiger partial charge in [-0.05, 0) is 54.2 Å². The van der Waals surface area contributed by atoms with E-state index in [2.05, 4.69) is 57.2 Å². The quantitative estimate of drug-likeness (QED) is 0.249. The Hall–Kier alpha value is -2.87. The second-order valence-electron chi connectivity index (χ2n) is 6.60. The molecule has 4 rings (SSSR count). The van der Waals surface area contributed by atoms with E-state index in [1.165, 1.54) is 10.5 Å². The molecule has 3 aromatic carbocycles. The highest BCUT2D eigenvalue weighted by atomic mass is 35.5. The maximum Gasteiger partial charge on any atom is 0.246 e. The molecule has 31 heavy (non-hydrogen) atoms. The molecule has 0 saturated carbocycles. The first kappa shape index (κ1) is 21.4. The molecule has 0 saturated heterocycles. The molecule has 0 atom stereocenters. The Morgan fingerprint density at radius 2 is 1.71 bits per heavy atom. The van der Waals surface area contributed by atoms with Gasteiger partial charge in [0.05, 0.1) is 11.6 Å². The van der Waals surface area contributed by atoms with Crippen molar-refractivity contribution < 1.29 is 4.52 Å². The third-order valence-electron chi connectivity index (χ3n) is 4.34. The molecule has 0 aliphatic rings. The second kappa shape index (κ2) is 10.4. The summed E-state index contributed by atoms with van der Waals surface area (Å²) in [5.41, 5.74) is 2.88. The summed E-state index contributed by atoms with van der Waals surface area (Å²) >= 11 is 13.4. The van der Waals surface area contributed by atoms with Crippen molar-refractivity contribution >= 4 is 46.4 Å². The molecule has 1 aromatic heterocycles. The van der Waals surface area contributed by atoms with Gasteiger partial charge in [-0.15, -0.1) is 11.8 Å². The zero-order chi connectivity index (χ0) is 21.5. The standard InChI is InChI=1S/C23H19ClN4OS2/c24-20-9-5-4-8-19(20)22-27-21(29-28-22)14-25-23(30)26-17-12-10-16(11-13-17)15-31-18-6-2-1-3-7-18/h1-13H,14-15H2,(H2,25,26,30). The Kier molecular flexibility index (Phi) is 7.19.